The molecule has 0 unspecified atom stereocenters. The maximum atomic E-state index is 11.6. The van der Waals surface area contributed by atoms with E-state index >= 15 is 0 Å². The highest BCUT2D eigenvalue weighted by Crippen LogP contribution is 2.43. The molecule has 29 heavy (non-hydrogen) atoms. The first-order valence-electron chi connectivity index (χ1n) is 9.44. The van der Waals surface area contributed by atoms with E-state index in [2.05, 4.69) is 15.0 Å². The summed E-state index contributed by atoms with van der Waals surface area (Å²) in [4.78, 5) is 19.6. The van der Waals surface area contributed by atoms with Crippen LogP contribution in [0.4, 0.5) is 0 Å². The quantitative estimate of drug-likeness (QED) is 0.614. The monoisotopic (exact) mass is 453 g/mol. The molecule has 3 N–H and O–H groups in total. The SMILES string of the molecule is CCc1nc2sc([C@H](c3ccc(Cl)cc3Cl)N3CCC(C(N)=O)CC3)c(O)n2n1. The number of carbonyl (C=O) groups is 1. The third-order valence-corrected chi connectivity index (χ3v) is 7.00. The van der Waals surface area contributed by atoms with Crippen molar-refractivity contribution in [3.8, 4) is 5.88 Å². The van der Waals surface area contributed by atoms with Gasteiger partial charge in [-0.05, 0) is 43.6 Å². The second kappa shape index (κ2) is 8.10. The van der Waals surface area contributed by atoms with Crippen molar-refractivity contribution in [1.82, 2.24) is 19.5 Å². The van der Waals surface area contributed by atoms with Crippen LogP contribution in [0.25, 0.3) is 4.96 Å². The van der Waals surface area contributed by atoms with Gasteiger partial charge in [0.15, 0.2) is 5.82 Å². The van der Waals surface area contributed by atoms with Crippen LogP contribution in [-0.4, -0.2) is 43.6 Å². The third-order valence-electron chi connectivity index (χ3n) is 5.36. The molecule has 3 heterocycles. The molecule has 10 heteroatoms. The van der Waals surface area contributed by atoms with Crippen LogP contribution >= 0.6 is 34.5 Å². The summed E-state index contributed by atoms with van der Waals surface area (Å²) in [5.41, 5.74) is 6.33. The van der Waals surface area contributed by atoms with E-state index in [1.165, 1.54) is 15.9 Å². The Morgan fingerprint density at radius 1 is 1.38 bits per heavy atom. The normalized spacial score (nSPS) is 17.1. The molecule has 3 aromatic rings. The maximum Gasteiger partial charge on any atom is 0.230 e. The van der Waals surface area contributed by atoms with E-state index in [0.717, 1.165) is 5.56 Å². The van der Waals surface area contributed by atoms with Crippen LogP contribution < -0.4 is 5.73 Å². The number of carbonyl (C=O) groups excluding carboxylic acids is 1. The van der Waals surface area contributed by atoms with Gasteiger partial charge in [-0.3, -0.25) is 9.69 Å². The zero-order chi connectivity index (χ0) is 20.7. The van der Waals surface area contributed by atoms with E-state index in [9.17, 15) is 9.90 Å². The van der Waals surface area contributed by atoms with Gasteiger partial charge in [-0.25, -0.2) is 4.98 Å². The minimum atomic E-state index is -0.299. The molecule has 1 aliphatic heterocycles. The second-order valence-corrected chi connectivity index (χ2v) is 9.00. The summed E-state index contributed by atoms with van der Waals surface area (Å²) < 4.78 is 1.48. The van der Waals surface area contributed by atoms with Crippen molar-refractivity contribution in [1.29, 1.82) is 0 Å². The molecule has 0 saturated carbocycles. The first-order chi connectivity index (χ1) is 13.9. The molecule has 1 aromatic carbocycles. The first kappa shape index (κ1) is 20.4. The number of hydrogen-bond donors (Lipinski definition) is 2. The molecule has 1 atom stereocenters. The molecule has 1 fully saturated rings. The summed E-state index contributed by atoms with van der Waals surface area (Å²) in [6.07, 6.45) is 2.02. The number of aromatic hydroxyl groups is 1. The Hall–Kier alpha value is -1.87. The Labute approximate surface area is 182 Å². The first-order valence-corrected chi connectivity index (χ1v) is 11.0. The lowest BCUT2D eigenvalue weighted by molar-refractivity contribution is -0.123. The highest BCUT2D eigenvalue weighted by molar-refractivity contribution is 7.17. The van der Waals surface area contributed by atoms with Crippen LogP contribution in [0.2, 0.25) is 10.0 Å². The number of aryl methyl sites for hydroxylation is 1. The van der Waals surface area contributed by atoms with Gasteiger partial charge < -0.3 is 10.8 Å². The number of nitrogens with two attached hydrogens (primary N) is 1. The fraction of sp³-hybridized carbons (Fsp3) is 0.421. The van der Waals surface area contributed by atoms with Gasteiger partial charge in [0.25, 0.3) is 0 Å². The fourth-order valence-electron chi connectivity index (χ4n) is 3.79. The van der Waals surface area contributed by atoms with Crippen molar-refractivity contribution < 1.29 is 9.90 Å². The lowest BCUT2D eigenvalue weighted by Gasteiger charge is -2.36. The van der Waals surface area contributed by atoms with Crippen molar-refractivity contribution >= 4 is 45.4 Å². The number of aromatic nitrogens is 3. The van der Waals surface area contributed by atoms with Crippen molar-refractivity contribution in [3.63, 3.8) is 0 Å². The Morgan fingerprint density at radius 2 is 2.10 bits per heavy atom. The molecule has 1 saturated heterocycles. The molecular weight excluding hydrogens is 433 g/mol. The molecule has 154 valence electrons. The number of rotatable bonds is 5. The topological polar surface area (TPSA) is 96.8 Å². The Balaban J connectivity index is 1.77. The Kier molecular flexibility index (Phi) is 5.70. The summed E-state index contributed by atoms with van der Waals surface area (Å²) in [6, 6.07) is 5.06. The molecular formula is C19H21Cl2N5O2S. The van der Waals surface area contributed by atoms with Crippen LogP contribution in [0.5, 0.6) is 5.88 Å². The van der Waals surface area contributed by atoms with Gasteiger partial charge in [-0.15, -0.1) is 5.10 Å². The largest absolute Gasteiger partial charge is 0.492 e. The number of likely N-dealkylation sites (tertiary alicyclic amines) is 1. The van der Waals surface area contributed by atoms with Gasteiger partial charge in [-0.2, -0.15) is 4.52 Å². The van der Waals surface area contributed by atoms with Gasteiger partial charge in [0, 0.05) is 22.4 Å². The average molecular weight is 454 g/mol. The summed E-state index contributed by atoms with van der Waals surface area (Å²) >= 11 is 14.0. The number of fused-ring (bicyclic) bond motifs is 1. The number of halogens is 2. The Bertz CT molecular complexity index is 1060. The van der Waals surface area contributed by atoms with Crippen molar-refractivity contribution in [2.75, 3.05) is 13.1 Å². The molecule has 0 radical (unpaired) electrons. The summed E-state index contributed by atoms with van der Waals surface area (Å²) in [5, 5.41) is 16.4. The van der Waals surface area contributed by atoms with E-state index in [1.54, 1.807) is 12.1 Å². The maximum absolute atomic E-state index is 11.6. The van der Waals surface area contributed by atoms with Crippen molar-refractivity contribution in [2.45, 2.75) is 32.2 Å². The van der Waals surface area contributed by atoms with Crippen LogP contribution in [0.15, 0.2) is 18.2 Å². The van der Waals surface area contributed by atoms with Crippen LogP contribution in [0.3, 0.4) is 0 Å². The number of primary amides is 1. The summed E-state index contributed by atoms with van der Waals surface area (Å²) in [5.74, 6) is 0.349. The summed E-state index contributed by atoms with van der Waals surface area (Å²) in [6.45, 7) is 3.28. The molecule has 7 nitrogen and oxygen atoms in total. The number of amides is 1. The molecule has 0 spiro atoms. The van der Waals surface area contributed by atoms with E-state index < -0.39 is 0 Å². The fourth-order valence-corrected chi connectivity index (χ4v) is 5.43. The minimum absolute atomic E-state index is 0.0604. The van der Waals surface area contributed by atoms with Crippen LogP contribution in [0.1, 0.15) is 42.1 Å². The van der Waals surface area contributed by atoms with Gasteiger partial charge in [0.2, 0.25) is 16.7 Å². The highest BCUT2D eigenvalue weighted by Gasteiger charge is 2.34. The number of hydrogen-bond acceptors (Lipinski definition) is 6. The molecule has 1 amide bonds. The lowest BCUT2D eigenvalue weighted by atomic mass is 9.93. The lowest BCUT2D eigenvalue weighted by Crippen LogP contribution is -2.40. The zero-order valence-electron chi connectivity index (χ0n) is 15.8. The number of thiazole rings is 1. The smallest absolute Gasteiger partial charge is 0.230 e. The van der Waals surface area contributed by atoms with E-state index in [1.807, 2.05) is 13.0 Å². The Morgan fingerprint density at radius 3 is 2.69 bits per heavy atom. The van der Waals surface area contributed by atoms with Gasteiger partial charge in [-0.1, -0.05) is 47.5 Å². The van der Waals surface area contributed by atoms with E-state index in [-0.39, 0.29) is 23.7 Å². The number of nitrogens with zero attached hydrogens (tertiary/aromatic N) is 4. The summed E-state index contributed by atoms with van der Waals surface area (Å²) in [7, 11) is 0. The van der Waals surface area contributed by atoms with Gasteiger partial charge >= 0.3 is 0 Å². The van der Waals surface area contributed by atoms with Crippen LogP contribution in [-0.2, 0) is 11.2 Å². The molecule has 0 aliphatic carbocycles. The molecule has 2 aromatic heterocycles. The van der Waals surface area contributed by atoms with Gasteiger partial charge in [0.1, 0.15) is 0 Å². The second-order valence-electron chi connectivity index (χ2n) is 7.15. The third kappa shape index (κ3) is 3.82. The number of benzene rings is 1. The average Bonchev–Trinajstić information content (AvgIpc) is 3.23. The van der Waals surface area contributed by atoms with E-state index in [0.29, 0.717) is 58.1 Å². The van der Waals surface area contributed by atoms with Crippen molar-refractivity contribution in [2.24, 2.45) is 11.7 Å². The van der Waals surface area contributed by atoms with Crippen LogP contribution in [0, 0.1) is 5.92 Å². The molecule has 0 bridgehead atoms. The predicted octanol–water partition coefficient (Wildman–Crippen LogP) is 3.65. The zero-order valence-corrected chi connectivity index (χ0v) is 18.1. The predicted molar refractivity (Wildman–Crippen MR) is 114 cm³/mol. The number of piperidine rings is 1. The highest BCUT2D eigenvalue weighted by atomic mass is 35.5. The van der Waals surface area contributed by atoms with E-state index in [4.69, 9.17) is 28.9 Å². The standard InChI is InChI=1S/C19H21Cl2N5O2S/c1-2-14-23-19-26(24-14)18(28)16(29-19)15(12-4-3-11(20)9-13(12)21)25-7-5-10(6-8-25)17(22)27/h3-4,9-10,15,28H,2,5-8H2,1H3,(H2,22,27)/t15-/m0/s1. The van der Waals surface area contributed by atoms with Crippen molar-refractivity contribution in [3.05, 3.63) is 44.5 Å². The van der Waals surface area contributed by atoms with Gasteiger partial charge in [0.05, 0.1) is 10.9 Å². The molecule has 1 aliphatic rings. The minimum Gasteiger partial charge on any atom is -0.492 e. The molecule has 4 rings (SSSR count).